The second-order valence-electron chi connectivity index (χ2n) is 7.56. The Morgan fingerprint density at radius 1 is 0.879 bits per heavy atom. The van der Waals surface area contributed by atoms with Crippen molar-refractivity contribution in [1.29, 1.82) is 0 Å². The molecule has 0 saturated heterocycles. The van der Waals surface area contributed by atoms with Crippen LogP contribution in [-0.4, -0.2) is 29.6 Å². The maximum absolute atomic E-state index is 12.2. The van der Waals surface area contributed by atoms with E-state index in [9.17, 15) is 4.79 Å². The van der Waals surface area contributed by atoms with Gasteiger partial charge in [0, 0.05) is 17.8 Å². The molecule has 2 heterocycles. The molecule has 33 heavy (non-hydrogen) atoms. The SMILES string of the molecule is O=C(NCCc1ccccc1)Nc1cccc(-c2nnc(Cc3ccc4c(c3)OCO4)o2)c1. The lowest BCUT2D eigenvalue weighted by Gasteiger charge is -2.08. The zero-order valence-electron chi connectivity index (χ0n) is 17.8. The van der Waals surface area contributed by atoms with Crippen molar-refractivity contribution < 1.29 is 18.7 Å². The van der Waals surface area contributed by atoms with Gasteiger partial charge in [-0.25, -0.2) is 4.79 Å². The van der Waals surface area contributed by atoms with Crippen molar-refractivity contribution in [3.63, 3.8) is 0 Å². The van der Waals surface area contributed by atoms with Crippen LogP contribution in [0.4, 0.5) is 10.5 Å². The second-order valence-corrected chi connectivity index (χ2v) is 7.56. The minimum Gasteiger partial charge on any atom is -0.454 e. The van der Waals surface area contributed by atoms with E-state index in [0.29, 0.717) is 36.2 Å². The fraction of sp³-hybridized carbons (Fsp3) is 0.160. The summed E-state index contributed by atoms with van der Waals surface area (Å²) in [4.78, 5) is 12.2. The van der Waals surface area contributed by atoms with E-state index in [-0.39, 0.29) is 12.8 Å². The molecule has 2 amide bonds. The van der Waals surface area contributed by atoms with Gasteiger partial charge in [0.05, 0.1) is 6.42 Å². The van der Waals surface area contributed by atoms with Crippen molar-refractivity contribution in [1.82, 2.24) is 15.5 Å². The zero-order valence-corrected chi connectivity index (χ0v) is 17.8. The van der Waals surface area contributed by atoms with E-state index in [1.807, 2.05) is 66.7 Å². The smallest absolute Gasteiger partial charge is 0.319 e. The van der Waals surface area contributed by atoms with Crippen LogP contribution in [0.2, 0.25) is 0 Å². The summed E-state index contributed by atoms with van der Waals surface area (Å²) < 4.78 is 16.6. The Morgan fingerprint density at radius 3 is 2.67 bits per heavy atom. The molecular weight excluding hydrogens is 420 g/mol. The number of fused-ring (bicyclic) bond motifs is 1. The highest BCUT2D eigenvalue weighted by atomic mass is 16.7. The lowest BCUT2D eigenvalue weighted by molar-refractivity contribution is 0.174. The number of urea groups is 1. The fourth-order valence-electron chi connectivity index (χ4n) is 3.54. The number of benzene rings is 3. The number of rotatable bonds is 7. The third kappa shape index (κ3) is 5.12. The summed E-state index contributed by atoms with van der Waals surface area (Å²) in [5.74, 6) is 2.33. The molecule has 0 bridgehead atoms. The number of nitrogens with one attached hydrogen (secondary N) is 2. The summed E-state index contributed by atoms with van der Waals surface area (Å²) in [6.45, 7) is 0.779. The molecule has 1 aromatic heterocycles. The van der Waals surface area contributed by atoms with Crippen LogP contribution in [0.1, 0.15) is 17.0 Å². The minimum atomic E-state index is -0.267. The number of ether oxygens (including phenoxy) is 2. The van der Waals surface area contributed by atoms with Crippen molar-refractivity contribution in [2.24, 2.45) is 0 Å². The summed E-state index contributed by atoms with van der Waals surface area (Å²) in [5, 5.41) is 14.0. The first-order valence-electron chi connectivity index (χ1n) is 10.6. The topological polar surface area (TPSA) is 98.5 Å². The summed E-state index contributed by atoms with van der Waals surface area (Å²) in [7, 11) is 0. The molecule has 1 aliphatic rings. The molecule has 166 valence electrons. The number of hydrogen-bond acceptors (Lipinski definition) is 6. The highest BCUT2D eigenvalue weighted by Crippen LogP contribution is 2.33. The van der Waals surface area contributed by atoms with Crippen LogP contribution in [0.15, 0.2) is 77.2 Å². The van der Waals surface area contributed by atoms with Gasteiger partial charge in [-0.15, -0.1) is 10.2 Å². The molecule has 3 aromatic carbocycles. The van der Waals surface area contributed by atoms with Crippen LogP contribution in [0.3, 0.4) is 0 Å². The maximum atomic E-state index is 12.2. The summed E-state index contributed by atoms with van der Waals surface area (Å²) in [6, 6.07) is 22.8. The Labute approximate surface area is 190 Å². The molecule has 5 rings (SSSR count). The van der Waals surface area contributed by atoms with Crippen LogP contribution in [-0.2, 0) is 12.8 Å². The van der Waals surface area contributed by atoms with Gasteiger partial charge in [-0.3, -0.25) is 0 Å². The predicted octanol–water partition coefficient (Wildman–Crippen LogP) is 4.42. The van der Waals surface area contributed by atoms with Crippen molar-refractivity contribution in [3.8, 4) is 23.0 Å². The van der Waals surface area contributed by atoms with Gasteiger partial charge in [-0.1, -0.05) is 42.5 Å². The van der Waals surface area contributed by atoms with Crippen LogP contribution in [0.25, 0.3) is 11.5 Å². The molecule has 0 spiro atoms. The molecule has 8 heteroatoms. The zero-order chi connectivity index (χ0) is 22.5. The maximum Gasteiger partial charge on any atom is 0.319 e. The number of aromatic nitrogens is 2. The molecule has 4 aromatic rings. The number of anilines is 1. The molecule has 0 saturated carbocycles. The van der Waals surface area contributed by atoms with Crippen LogP contribution in [0, 0.1) is 0 Å². The Morgan fingerprint density at radius 2 is 1.76 bits per heavy atom. The molecule has 0 aliphatic carbocycles. The standard InChI is InChI=1S/C25H22N4O4/c30-25(26-12-11-17-5-2-1-3-6-17)27-20-8-4-7-19(15-20)24-29-28-23(33-24)14-18-9-10-21-22(13-18)32-16-31-21/h1-10,13,15H,11-12,14,16H2,(H2,26,27,30). The normalized spacial score (nSPS) is 11.9. The summed E-state index contributed by atoms with van der Waals surface area (Å²) >= 11 is 0. The lowest BCUT2D eigenvalue weighted by Crippen LogP contribution is -2.30. The fourth-order valence-corrected chi connectivity index (χ4v) is 3.54. The van der Waals surface area contributed by atoms with Crippen molar-refractivity contribution in [3.05, 3.63) is 89.8 Å². The lowest BCUT2D eigenvalue weighted by atomic mass is 10.1. The summed E-state index contributed by atoms with van der Waals surface area (Å²) in [6.07, 6.45) is 1.24. The first-order valence-corrected chi connectivity index (χ1v) is 10.6. The van der Waals surface area contributed by atoms with Gasteiger partial charge in [-0.05, 0) is 47.9 Å². The second kappa shape index (κ2) is 9.44. The van der Waals surface area contributed by atoms with E-state index < -0.39 is 0 Å². The monoisotopic (exact) mass is 442 g/mol. The summed E-state index contributed by atoms with van der Waals surface area (Å²) in [5.41, 5.74) is 3.52. The molecule has 0 fully saturated rings. The van der Waals surface area contributed by atoms with E-state index in [1.54, 1.807) is 6.07 Å². The van der Waals surface area contributed by atoms with Crippen molar-refractivity contribution in [2.75, 3.05) is 18.7 Å². The Hall–Kier alpha value is -4.33. The molecule has 2 N–H and O–H groups in total. The third-order valence-corrected chi connectivity index (χ3v) is 5.17. The number of carbonyl (C=O) groups is 1. The third-order valence-electron chi connectivity index (χ3n) is 5.17. The molecule has 8 nitrogen and oxygen atoms in total. The molecule has 1 aliphatic heterocycles. The van der Waals surface area contributed by atoms with E-state index in [2.05, 4.69) is 20.8 Å². The minimum absolute atomic E-state index is 0.235. The highest BCUT2D eigenvalue weighted by Gasteiger charge is 2.15. The van der Waals surface area contributed by atoms with Gasteiger partial charge in [0.25, 0.3) is 0 Å². The number of amides is 2. The molecule has 0 radical (unpaired) electrons. The predicted molar refractivity (Wildman–Crippen MR) is 122 cm³/mol. The van der Waals surface area contributed by atoms with Gasteiger partial charge in [0.1, 0.15) is 0 Å². The van der Waals surface area contributed by atoms with Gasteiger partial charge >= 0.3 is 6.03 Å². The molecular formula is C25H22N4O4. The van der Waals surface area contributed by atoms with E-state index >= 15 is 0 Å². The molecule has 0 unspecified atom stereocenters. The Kier molecular flexibility index (Phi) is 5.88. The van der Waals surface area contributed by atoms with Gasteiger partial charge in [0.2, 0.25) is 18.6 Å². The molecule has 0 atom stereocenters. The van der Waals surface area contributed by atoms with E-state index in [4.69, 9.17) is 13.9 Å². The average Bonchev–Trinajstić information content (AvgIpc) is 3.49. The Bertz CT molecular complexity index is 1260. The number of hydrogen-bond donors (Lipinski definition) is 2. The van der Waals surface area contributed by atoms with E-state index in [0.717, 1.165) is 23.3 Å². The first-order chi connectivity index (χ1) is 16.2. The first kappa shape index (κ1) is 20.6. The van der Waals surface area contributed by atoms with Gasteiger partial charge in [-0.2, -0.15) is 0 Å². The largest absolute Gasteiger partial charge is 0.454 e. The average molecular weight is 442 g/mol. The van der Waals surface area contributed by atoms with Crippen LogP contribution < -0.4 is 20.1 Å². The van der Waals surface area contributed by atoms with Crippen LogP contribution in [0.5, 0.6) is 11.5 Å². The van der Waals surface area contributed by atoms with Gasteiger partial charge < -0.3 is 24.5 Å². The highest BCUT2D eigenvalue weighted by molar-refractivity contribution is 5.89. The van der Waals surface area contributed by atoms with Crippen molar-refractivity contribution >= 4 is 11.7 Å². The van der Waals surface area contributed by atoms with E-state index in [1.165, 1.54) is 5.56 Å². The van der Waals surface area contributed by atoms with Crippen LogP contribution >= 0.6 is 0 Å². The van der Waals surface area contributed by atoms with Crippen molar-refractivity contribution in [2.45, 2.75) is 12.8 Å². The van der Waals surface area contributed by atoms with Gasteiger partial charge in [0.15, 0.2) is 11.5 Å². The Balaban J connectivity index is 1.18. The number of carbonyl (C=O) groups excluding carboxylic acids is 1. The quantitative estimate of drug-likeness (QED) is 0.440. The number of nitrogens with zero attached hydrogens (tertiary/aromatic N) is 2.